The SMILES string of the molecule is CC(C)CCN1CC(=O)NCCCCCOc2cccc(C(=O)NCCc3ccc(S(N)(=O)=O)cc3)c2C1. The van der Waals surface area contributed by atoms with Gasteiger partial charge in [0.15, 0.2) is 0 Å². The Bertz CT molecular complexity index is 1180. The first-order valence-electron chi connectivity index (χ1n) is 13.3. The van der Waals surface area contributed by atoms with E-state index in [1.54, 1.807) is 18.2 Å². The van der Waals surface area contributed by atoms with Crippen LogP contribution in [-0.4, -0.2) is 57.9 Å². The summed E-state index contributed by atoms with van der Waals surface area (Å²) in [4.78, 5) is 28.1. The van der Waals surface area contributed by atoms with Crippen molar-refractivity contribution in [2.24, 2.45) is 11.1 Å². The predicted molar refractivity (Wildman–Crippen MR) is 147 cm³/mol. The lowest BCUT2D eigenvalue weighted by Crippen LogP contribution is -2.38. The standard InChI is InChI=1S/C28H40N4O5S/c1-21(2)14-17-32-19-25-24(7-6-8-26(25)37-18-5-3-4-15-30-27(33)20-32)28(34)31-16-13-22-9-11-23(12-10-22)38(29,35)36/h6-12,21H,3-5,13-20H2,1-2H3,(H,30,33)(H,31,34)(H2,29,35,36). The summed E-state index contributed by atoms with van der Waals surface area (Å²) in [5, 5.41) is 11.2. The van der Waals surface area contributed by atoms with Crippen molar-refractivity contribution in [3.05, 3.63) is 59.2 Å². The number of sulfonamides is 1. The molecule has 0 aromatic heterocycles. The lowest BCUT2D eigenvalue weighted by Gasteiger charge is -2.25. The Morgan fingerprint density at radius 1 is 1.11 bits per heavy atom. The molecule has 4 N–H and O–H groups in total. The summed E-state index contributed by atoms with van der Waals surface area (Å²) in [5.41, 5.74) is 2.18. The van der Waals surface area contributed by atoms with E-state index < -0.39 is 10.0 Å². The van der Waals surface area contributed by atoms with Crippen LogP contribution in [0.4, 0.5) is 0 Å². The molecule has 0 fully saturated rings. The molecule has 38 heavy (non-hydrogen) atoms. The van der Waals surface area contributed by atoms with Crippen molar-refractivity contribution >= 4 is 21.8 Å². The summed E-state index contributed by atoms with van der Waals surface area (Å²) in [6.07, 6.45) is 4.18. The van der Waals surface area contributed by atoms with Gasteiger partial charge in [0.2, 0.25) is 15.9 Å². The van der Waals surface area contributed by atoms with Crippen molar-refractivity contribution < 1.29 is 22.7 Å². The number of carbonyl (C=O) groups is 2. The van der Waals surface area contributed by atoms with E-state index in [2.05, 4.69) is 29.4 Å². The molecule has 10 heteroatoms. The summed E-state index contributed by atoms with van der Waals surface area (Å²) in [5.74, 6) is 0.927. The molecule has 9 nitrogen and oxygen atoms in total. The maximum absolute atomic E-state index is 13.3. The number of benzene rings is 2. The number of nitrogens with zero attached hydrogens (tertiary/aromatic N) is 1. The average molecular weight is 545 g/mol. The van der Waals surface area contributed by atoms with Crippen molar-refractivity contribution in [3.63, 3.8) is 0 Å². The van der Waals surface area contributed by atoms with Gasteiger partial charge in [0.1, 0.15) is 5.75 Å². The van der Waals surface area contributed by atoms with Gasteiger partial charge >= 0.3 is 0 Å². The van der Waals surface area contributed by atoms with Crippen LogP contribution in [0.1, 0.15) is 61.0 Å². The largest absolute Gasteiger partial charge is 0.493 e. The third-order valence-electron chi connectivity index (χ3n) is 6.50. The average Bonchev–Trinajstić information content (AvgIpc) is 2.88. The van der Waals surface area contributed by atoms with Crippen LogP contribution >= 0.6 is 0 Å². The minimum absolute atomic E-state index is 0.00846. The van der Waals surface area contributed by atoms with Crippen LogP contribution < -0.4 is 20.5 Å². The number of ether oxygens (including phenoxy) is 1. The van der Waals surface area contributed by atoms with Gasteiger partial charge in [-0.05, 0) is 74.4 Å². The zero-order valence-corrected chi connectivity index (χ0v) is 23.2. The fourth-order valence-corrected chi connectivity index (χ4v) is 4.80. The number of carbonyl (C=O) groups excluding carboxylic acids is 2. The Hall–Kier alpha value is -2.95. The topological polar surface area (TPSA) is 131 Å². The summed E-state index contributed by atoms with van der Waals surface area (Å²) in [6, 6.07) is 11.8. The molecule has 0 saturated carbocycles. The smallest absolute Gasteiger partial charge is 0.251 e. The molecular weight excluding hydrogens is 504 g/mol. The number of fused-ring (bicyclic) bond motifs is 1. The van der Waals surface area contributed by atoms with Crippen molar-refractivity contribution in [1.29, 1.82) is 0 Å². The van der Waals surface area contributed by atoms with E-state index in [1.807, 2.05) is 12.1 Å². The number of primary sulfonamides is 1. The molecule has 0 saturated heterocycles. The molecule has 2 aromatic rings. The van der Waals surface area contributed by atoms with Crippen LogP contribution in [0.3, 0.4) is 0 Å². The van der Waals surface area contributed by atoms with Gasteiger partial charge in [-0.1, -0.05) is 32.0 Å². The molecule has 0 atom stereocenters. The van der Waals surface area contributed by atoms with E-state index >= 15 is 0 Å². The molecule has 1 aliphatic heterocycles. The highest BCUT2D eigenvalue weighted by molar-refractivity contribution is 7.89. The van der Waals surface area contributed by atoms with Gasteiger partial charge in [-0.2, -0.15) is 0 Å². The van der Waals surface area contributed by atoms with Gasteiger partial charge in [0, 0.05) is 30.8 Å². The van der Waals surface area contributed by atoms with Gasteiger partial charge in [-0.25, -0.2) is 13.6 Å². The first-order valence-corrected chi connectivity index (χ1v) is 14.8. The van der Waals surface area contributed by atoms with Gasteiger partial charge in [0.25, 0.3) is 5.91 Å². The predicted octanol–water partition coefficient (Wildman–Crippen LogP) is 2.83. The second kappa shape index (κ2) is 14.3. The number of nitrogens with two attached hydrogens (primary N) is 1. The minimum atomic E-state index is -3.74. The van der Waals surface area contributed by atoms with Crippen molar-refractivity contribution in [1.82, 2.24) is 15.5 Å². The van der Waals surface area contributed by atoms with Crippen LogP contribution in [-0.2, 0) is 27.8 Å². The molecule has 208 valence electrons. The Morgan fingerprint density at radius 2 is 1.87 bits per heavy atom. The number of hydrogen-bond donors (Lipinski definition) is 3. The molecule has 0 radical (unpaired) electrons. The Kier molecular flexibility index (Phi) is 11.1. The van der Waals surface area contributed by atoms with Gasteiger partial charge < -0.3 is 15.4 Å². The second-order valence-electron chi connectivity index (χ2n) is 10.1. The monoisotopic (exact) mass is 544 g/mol. The van der Waals surface area contributed by atoms with Crippen LogP contribution in [0.25, 0.3) is 0 Å². The van der Waals surface area contributed by atoms with Gasteiger partial charge in [-0.15, -0.1) is 0 Å². The molecule has 3 rings (SSSR count). The molecule has 1 heterocycles. The van der Waals surface area contributed by atoms with E-state index in [-0.39, 0.29) is 23.3 Å². The fraction of sp³-hybridized carbons (Fsp3) is 0.500. The third-order valence-corrected chi connectivity index (χ3v) is 7.43. The van der Waals surface area contributed by atoms with E-state index in [0.29, 0.717) is 49.9 Å². The Balaban J connectivity index is 1.77. The number of hydrogen-bond acceptors (Lipinski definition) is 6. The highest BCUT2D eigenvalue weighted by Gasteiger charge is 2.21. The maximum atomic E-state index is 13.3. The van der Waals surface area contributed by atoms with E-state index in [1.165, 1.54) is 12.1 Å². The second-order valence-corrected chi connectivity index (χ2v) is 11.7. The summed E-state index contributed by atoms with van der Waals surface area (Å²) >= 11 is 0. The normalized spacial score (nSPS) is 15.8. The summed E-state index contributed by atoms with van der Waals surface area (Å²) in [6.45, 7) is 7.30. The molecule has 1 aliphatic rings. The zero-order chi connectivity index (χ0) is 27.5. The molecule has 0 bridgehead atoms. The first kappa shape index (κ1) is 29.6. The van der Waals surface area contributed by atoms with Crippen LogP contribution in [0.5, 0.6) is 5.75 Å². The molecular formula is C28H40N4O5S. The quantitative estimate of drug-likeness (QED) is 0.468. The lowest BCUT2D eigenvalue weighted by atomic mass is 10.0. The zero-order valence-electron chi connectivity index (χ0n) is 22.4. The summed E-state index contributed by atoms with van der Waals surface area (Å²) in [7, 11) is -3.74. The van der Waals surface area contributed by atoms with Crippen LogP contribution in [0.2, 0.25) is 0 Å². The fourth-order valence-electron chi connectivity index (χ4n) is 4.29. The Labute approximate surface area is 226 Å². The number of rotatable bonds is 8. The van der Waals surface area contributed by atoms with E-state index in [0.717, 1.165) is 43.4 Å². The number of nitrogens with one attached hydrogen (secondary N) is 2. The minimum Gasteiger partial charge on any atom is -0.493 e. The lowest BCUT2D eigenvalue weighted by molar-refractivity contribution is -0.122. The van der Waals surface area contributed by atoms with Crippen LogP contribution in [0.15, 0.2) is 47.4 Å². The highest BCUT2D eigenvalue weighted by atomic mass is 32.2. The molecule has 2 amide bonds. The maximum Gasteiger partial charge on any atom is 0.251 e. The number of amides is 2. The van der Waals surface area contributed by atoms with Crippen molar-refractivity contribution in [2.75, 3.05) is 32.8 Å². The van der Waals surface area contributed by atoms with E-state index in [4.69, 9.17) is 9.88 Å². The van der Waals surface area contributed by atoms with Crippen molar-refractivity contribution in [2.45, 2.75) is 57.4 Å². The van der Waals surface area contributed by atoms with Gasteiger partial charge in [0.05, 0.1) is 18.0 Å². The third kappa shape index (κ3) is 9.41. The first-order chi connectivity index (χ1) is 18.1. The molecule has 0 aliphatic carbocycles. The summed E-state index contributed by atoms with van der Waals surface area (Å²) < 4.78 is 29.1. The molecule has 0 spiro atoms. The molecule has 0 unspecified atom stereocenters. The Morgan fingerprint density at radius 3 is 2.58 bits per heavy atom. The van der Waals surface area contributed by atoms with Gasteiger partial charge in [-0.3, -0.25) is 14.5 Å². The molecule has 2 aromatic carbocycles. The highest BCUT2D eigenvalue weighted by Crippen LogP contribution is 2.26. The van der Waals surface area contributed by atoms with Crippen molar-refractivity contribution in [3.8, 4) is 5.75 Å². The van der Waals surface area contributed by atoms with E-state index in [9.17, 15) is 18.0 Å². The van der Waals surface area contributed by atoms with Crippen LogP contribution in [0, 0.1) is 5.92 Å².